The summed E-state index contributed by atoms with van der Waals surface area (Å²) in [6, 6.07) is 5.62. The zero-order valence-electron chi connectivity index (χ0n) is 13.3. The average Bonchev–Trinajstić information content (AvgIpc) is 2.56. The lowest BCUT2D eigenvalue weighted by atomic mass is 10.00. The normalized spacial score (nSPS) is 11.7. The van der Waals surface area contributed by atoms with Gasteiger partial charge in [-0.25, -0.2) is 9.18 Å². The first-order valence-electron chi connectivity index (χ1n) is 7.50. The number of carbonyl (C=O) groups is 1. The Hall–Kier alpha value is -2.87. The first-order chi connectivity index (χ1) is 12.6. The van der Waals surface area contributed by atoms with Crippen LogP contribution in [0.1, 0.15) is 27.0 Å². The maximum Gasteiger partial charge on any atom is 0.417 e. The molecule has 0 radical (unpaired) electrons. The van der Waals surface area contributed by atoms with Crippen LogP contribution < -0.4 is 5.43 Å². The molecule has 4 nitrogen and oxygen atoms in total. The van der Waals surface area contributed by atoms with E-state index in [0.717, 1.165) is 24.4 Å². The highest BCUT2D eigenvalue weighted by atomic mass is 35.5. The van der Waals surface area contributed by atoms with E-state index < -0.39 is 39.5 Å². The lowest BCUT2D eigenvalue weighted by molar-refractivity contribution is -0.137. The number of pyridine rings is 1. The number of alkyl halides is 3. The van der Waals surface area contributed by atoms with Crippen molar-refractivity contribution in [1.82, 2.24) is 4.98 Å². The van der Waals surface area contributed by atoms with Gasteiger partial charge in [0.25, 0.3) is 0 Å². The zero-order chi connectivity index (χ0) is 19.9. The molecule has 1 heterocycles. The molecule has 0 aliphatic carbocycles. The molecule has 3 aromatic rings. The van der Waals surface area contributed by atoms with E-state index in [2.05, 4.69) is 4.98 Å². The Labute approximate surface area is 154 Å². The van der Waals surface area contributed by atoms with Gasteiger partial charge in [-0.3, -0.25) is 4.79 Å². The molecule has 140 valence electrons. The minimum Gasteiger partial charge on any atom is -0.477 e. The summed E-state index contributed by atoms with van der Waals surface area (Å²) in [5.74, 6) is -2.29. The molecule has 0 saturated heterocycles. The maximum absolute atomic E-state index is 14.3. The summed E-state index contributed by atoms with van der Waals surface area (Å²) in [7, 11) is 0. The fourth-order valence-corrected chi connectivity index (χ4v) is 2.96. The minimum atomic E-state index is -4.64. The predicted molar refractivity (Wildman–Crippen MR) is 90.7 cm³/mol. The molecule has 0 aliphatic heterocycles. The first kappa shape index (κ1) is 18.9. The van der Waals surface area contributed by atoms with Gasteiger partial charge in [0.05, 0.1) is 16.1 Å². The van der Waals surface area contributed by atoms with Crippen molar-refractivity contribution in [1.29, 1.82) is 0 Å². The van der Waals surface area contributed by atoms with Crippen molar-refractivity contribution < 1.29 is 27.5 Å². The number of carboxylic acids is 1. The van der Waals surface area contributed by atoms with Gasteiger partial charge in [0.15, 0.2) is 0 Å². The van der Waals surface area contributed by atoms with Crippen LogP contribution in [-0.4, -0.2) is 16.1 Å². The topological polar surface area (TPSA) is 70.2 Å². The standard InChI is InChI=1S/C18H10ClF4NO3/c19-13-2-1-8(5-12(13)18(21,22)23)3-9-4-10-15(14(20)6-9)24-7-11(16(10)25)17(26)27/h1-2,4-7H,3H2,(H,24,25)(H,26,27). The van der Waals surface area contributed by atoms with Crippen molar-refractivity contribution >= 4 is 28.5 Å². The highest BCUT2D eigenvalue weighted by Gasteiger charge is 2.33. The Morgan fingerprint density at radius 2 is 1.85 bits per heavy atom. The number of rotatable bonds is 3. The molecule has 0 bridgehead atoms. The molecule has 27 heavy (non-hydrogen) atoms. The molecule has 2 aromatic carbocycles. The Bertz CT molecular complexity index is 1120. The van der Waals surface area contributed by atoms with E-state index >= 15 is 0 Å². The first-order valence-corrected chi connectivity index (χ1v) is 7.88. The van der Waals surface area contributed by atoms with Crippen LogP contribution in [0.4, 0.5) is 17.6 Å². The van der Waals surface area contributed by atoms with Gasteiger partial charge in [-0.2, -0.15) is 13.2 Å². The number of hydrogen-bond acceptors (Lipinski definition) is 2. The van der Waals surface area contributed by atoms with Crippen LogP contribution in [0.25, 0.3) is 10.9 Å². The fraction of sp³-hybridized carbons (Fsp3) is 0.111. The molecule has 0 amide bonds. The smallest absolute Gasteiger partial charge is 0.417 e. The second-order valence-corrected chi connectivity index (χ2v) is 6.23. The van der Waals surface area contributed by atoms with Gasteiger partial charge in [-0.15, -0.1) is 0 Å². The van der Waals surface area contributed by atoms with Crippen molar-refractivity contribution in [3.05, 3.63) is 79.8 Å². The third kappa shape index (κ3) is 3.66. The van der Waals surface area contributed by atoms with Gasteiger partial charge in [-0.05, 0) is 41.8 Å². The third-order valence-electron chi connectivity index (χ3n) is 3.97. The van der Waals surface area contributed by atoms with E-state index in [9.17, 15) is 27.2 Å². The summed E-state index contributed by atoms with van der Waals surface area (Å²) in [5.41, 5.74) is -2.23. The van der Waals surface area contributed by atoms with Crippen LogP contribution in [-0.2, 0) is 12.6 Å². The van der Waals surface area contributed by atoms with Crippen LogP contribution in [0.3, 0.4) is 0 Å². The Balaban J connectivity index is 2.10. The Kier molecular flexibility index (Phi) is 4.69. The van der Waals surface area contributed by atoms with Crippen LogP contribution in [0, 0.1) is 5.82 Å². The van der Waals surface area contributed by atoms with Gasteiger partial charge in [0.1, 0.15) is 11.4 Å². The fourth-order valence-electron chi connectivity index (χ4n) is 2.74. The second-order valence-electron chi connectivity index (χ2n) is 5.83. The zero-order valence-corrected chi connectivity index (χ0v) is 14.1. The molecule has 2 N–H and O–H groups in total. The molecule has 0 unspecified atom stereocenters. The Morgan fingerprint density at radius 1 is 1.15 bits per heavy atom. The van der Waals surface area contributed by atoms with E-state index in [1.165, 1.54) is 12.1 Å². The minimum absolute atomic E-state index is 0.107. The molecule has 0 aliphatic rings. The van der Waals surface area contributed by atoms with E-state index in [4.69, 9.17) is 16.7 Å². The molecule has 3 rings (SSSR count). The summed E-state index contributed by atoms with van der Waals surface area (Å²) in [4.78, 5) is 25.7. The third-order valence-corrected chi connectivity index (χ3v) is 4.30. The Morgan fingerprint density at radius 3 is 2.48 bits per heavy atom. The van der Waals surface area contributed by atoms with E-state index in [1.54, 1.807) is 0 Å². The number of nitrogens with one attached hydrogen (secondary N) is 1. The molecule has 0 spiro atoms. The number of benzene rings is 2. The molecular weight excluding hydrogens is 390 g/mol. The van der Waals surface area contributed by atoms with E-state index in [-0.39, 0.29) is 28.5 Å². The molecule has 0 atom stereocenters. The summed E-state index contributed by atoms with van der Waals surface area (Å²) in [5, 5.41) is 8.34. The van der Waals surface area contributed by atoms with Crippen LogP contribution in [0.15, 0.2) is 41.3 Å². The highest BCUT2D eigenvalue weighted by molar-refractivity contribution is 6.31. The number of fused-ring (bicyclic) bond motifs is 1. The van der Waals surface area contributed by atoms with Gasteiger partial charge in [0, 0.05) is 11.6 Å². The summed E-state index contributed by atoms with van der Waals surface area (Å²) >= 11 is 5.57. The second kappa shape index (κ2) is 6.70. The van der Waals surface area contributed by atoms with Crippen molar-refractivity contribution in [3.63, 3.8) is 0 Å². The molecule has 0 fully saturated rings. The van der Waals surface area contributed by atoms with Crippen LogP contribution in [0.5, 0.6) is 0 Å². The largest absolute Gasteiger partial charge is 0.477 e. The summed E-state index contributed by atoms with van der Waals surface area (Å²) in [6.07, 6.45) is -3.86. The van der Waals surface area contributed by atoms with Gasteiger partial charge in [0.2, 0.25) is 5.43 Å². The quantitative estimate of drug-likeness (QED) is 0.631. The summed E-state index contributed by atoms with van der Waals surface area (Å²) in [6.45, 7) is 0. The monoisotopic (exact) mass is 399 g/mol. The molecule has 9 heteroatoms. The average molecular weight is 400 g/mol. The highest BCUT2D eigenvalue weighted by Crippen LogP contribution is 2.35. The maximum atomic E-state index is 14.3. The number of halogens is 5. The lowest BCUT2D eigenvalue weighted by Crippen LogP contribution is -2.16. The number of aromatic nitrogens is 1. The van der Waals surface area contributed by atoms with E-state index in [1.807, 2.05) is 0 Å². The lowest BCUT2D eigenvalue weighted by Gasteiger charge is -2.11. The van der Waals surface area contributed by atoms with Gasteiger partial charge < -0.3 is 10.1 Å². The number of aromatic carboxylic acids is 1. The predicted octanol–water partition coefficient (Wildman–Crippen LogP) is 4.63. The van der Waals surface area contributed by atoms with Crippen molar-refractivity contribution in [3.8, 4) is 0 Å². The number of H-pyrrole nitrogens is 1. The molecular formula is C18H10ClF4NO3. The summed E-state index contributed by atoms with van der Waals surface area (Å²) < 4.78 is 53.2. The van der Waals surface area contributed by atoms with Crippen molar-refractivity contribution in [2.45, 2.75) is 12.6 Å². The SMILES string of the molecule is O=C(O)c1c[nH]c2c(F)cc(Cc3ccc(Cl)c(C(F)(F)F)c3)cc2c1=O. The van der Waals surface area contributed by atoms with E-state index in [0.29, 0.717) is 0 Å². The van der Waals surface area contributed by atoms with Gasteiger partial charge in [-0.1, -0.05) is 17.7 Å². The number of carboxylic acid groups (broad SMARTS) is 1. The van der Waals surface area contributed by atoms with Crippen molar-refractivity contribution in [2.75, 3.05) is 0 Å². The van der Waals surface area contributed by atoms with Crippen LogP contribution >= 0.6 is 11.6 Å². The van der Waals surface area contributed by atoms with Crippen molar-refractivity contribution in [2.24, 2.45) is 0 Å². The van der Waals surface area contributed by atoms with Crippen LogP contribution in [0.2, 0.25) is 5.02 Å². The molecule has 1 aromatic heterocycles. The number of hydrogen-bond donors (Lipinski definition) is 2. The van der Waals surface area contributed by atoms with Gasteiger partial charge >= 0.3 is 12.1 Å². The number of aromatic amines is 1. The molecule has 0 saturated carbocycles.